The Bertz CT molecular complexity index is 795. The van der Waals surface area contributed by atoms with Crippen LogP contribution in [0.15, 0.2) is 16.9 Å². The Morgan fingerprint density at radius 2 is 2.08 bits per heavy atom. The maximum Gasteiger partial charge on any atom is 0.348 e. The number of piperidine rings is 1. The topological polar surface area (TPSA) is 84.7 Å². The van der Waals surface area contributed by atoms with Gasteiger partial charge < -0.3 is 10.6 Å². The number of hydrogen-bond acceptors (Lipinski definition) is 6. The van der Waals surface area contributed by atoms with E-state index in [1.807, 2.05) is 32.9 Å². The normalized spacial score (nSPS) is 17.5. The number of nitrogens with zero attached hydrogens (tertiary/aromatic N) is 4. The van der Waals surface area contributed by atoms with Crippen LogP contribution in [0.1, 0.15) is 41.7 Å². The predicted molar refractivity (Wildman–Crippen MR) is 98.1 cm³/mol. The number of nitrogens with one attached hydrogen (secondary N) is 2. The summed E-state index contributed by atoms with van der Waals surface area (Å²) in [5.41, 5.74) is 2.57. The highest BCUT2D eigenvalue weighted by Gasteiger charge is 2.17. The van der Waals surface area contributed by atoms with Crippen molar-refractivity contribution in [1.29, 1.82) is 0 Å². The Morgan fingerprint density at radius 3 is 2.80 bits per heavy atom. The largest absolute Gasteiger partial charge is 0.368 e. The molecule has 1 unspecified atom stereocenters. The van der Waals surface area contributed by atoms with Crippen molar-refractivity contribution in [2.24, 2.45) is 0 Å². The summed E-state index contributed by atoms with van der Waals surface area (Å²) >= 11 is 0. The van der Waals surface area contributed by atoms with Gasteiger partial charge in [-0.15, -0.1) is 0 Å². The van der Waals surface area contributed by atoms with Gasteiger partial charge in [0.25, 0.3) is 0 Å². The number of hydrogen-bond donors (Lipinski definition) is 2. The summed E-state index contributed by atoms with van der Waals surface area (Å²) in [5.74, 6) is 2.04. The van der Waals surface area contributed by atoms with Gasteiger partial charge in [0, 0.05) is 43.0 Å². The Kier molecular flexibility index (Phi) is 5.43. The highest BCUT2D eigenvalue weighted by atomic mass is 16.1. The van der Waals surface area contributed by atoms with Gasteiger partial charge in [-0.2, -0.15) is 4.98 Å². The monoisotopic (exact) mass is 342 g/mol. The lowest BCUT2D eigenvalue weighted by atomic mass is 9.96. The molecule has 3 heterocycles. The lowest BCUT2D eigenvalue weighted by molar-refractivity contribution is 0.453. The molecule has 0 saturated carbocycles. The van der Waals surface area contributed by atoms with E-state index >= 15 is 0 Å². The lowest BCUT2D eigenvalue weighted by Crippen LogP contribution is -2.29. The van der Waals surface area contributed by atoms with E-state index < -0.39 is 0 Å². The van der Waals surface area contributed by atoms with Crippen molar-refractivity contribution >= 4 is 5.82 Å². The average Bonchev–Trinajstić information content (AvgIpc) is 2.57. The number of aryl methyl sites for hydroxylation is 3. The van der Waals surface area contributed by atoms with Crippen LogP contribution < -0.4 is 16.3 Å². The molecule has 0 aliphatic carbocycles. The first-order chi connectivity index (χ1) is 12.0. The molecular formula is C18H26N6O. The molecule has 7 nitrogen and oxygen atoms in total. The molecule has 0 spiro atoms. The summed E-state index contributed by atoms with van der Waals surface area (Å²) in [5, 5.41) is 6.75. The molecule has 134 valence electrons. The van der Waals surface area contributed by atoms with Crippen molar-refractivity contribution in [1.82, 2.24) is 24.8 Å². The summed E-state index contributed by atoms with van der Waals surface area (Å²) in [6, 6.07) is 3.96. The summed E-state index contributed by atoms with van der Waals surface area (Å²) in [7, 11) is 0. The van der Waals surface area contributed by atoms with Crippen LogP contribution in [0.3, 0.4) is 0 Å². The zero-order valence-electron chi connectivity index (χ0n) is 15.2. The van der Waals surface area contributed by atoms with Crippen molar-refractivity contribution in [3.8, 4) is 0 Å². The molecule has 1 atom stereocenters. The molecule has 7 heteroatoms. The molecule has 0 amide bonds. The van der Waals surface area contributed by atoms with Crippen LogP contribution in [-0.4, -0.2) is 39.2 Å². The van der Waals surface area contributed by atoms with Crippen LogP contribution in [0.5, 0.6) is 0 Å². The first kappa shape index (κ1) is 17.5. The van der Waals surface area contributed by atoms with Crippen LogP contribution in [0.2, 0.25) is 0 Å². The zero-order chi connectivity index (χ0) is 17.8. The third-order valence-corrected chi connectivity index (χ3v) is 4.56. The highest BCUT2D eigenvalue weighted by Crippen LogP contribution is 2.23. The minimum Gasteiger partial charge on any atom is -0.368 e. The maximum atomic E-state index is 12.0. The van der Waals surface area contributed by atoms with Gasteiger partial charge in [0.2, 0.25) is 0 Å². The van der Waals surface area contributed by atoms with E-state index in [1.54, 1.807) is 4.57 Å². The van der Waals surface area contributed by atoms with E-state index in [0.29, 0.717) is 19.0 Å². The zero-order valence-corrected chi connectivity index (χ0v) is 15.2. The van der Waals surface area contributed by atoms with Crippen LogP contribution in [0.25, 0.3) is 0 Å². The molecule has 25 heavy (non-hydrogen) atoms. The standard InChI is InChI=1S/C18H26N6O/c1-12-9-13(2)24(18(25)21-12)8-7-20-17-10-16(22-14(3)23-17)15-5-4-6-19-11-15/h9-10,15,19H,4-8,11H2,1-3H3,(H,20,22,23). The second-order valence-electron chi connectivity index (χ2n) is 6.67. The molecule has 1 fully saturated rings. The van der Waals surface area contributed by atoms with E-state index in [4.69, 9.17) is 0 Å². The van der Waals surface area contributed by atoms with E-state index in [0.717, 1.165) is 48.2 Å². The third kappa shape index (κ3) is 4.42. The van der Waals surface area contributed by atoms with Gasteiger partial charge in [-0.3, -0.25) is 4.57 Å². The van der Waals surface area contributed by atoms with Gasteiger partial charge in [0.15, 0.2) is 0 Å². The van der Waals surface area contributed by atoms with Crippen molar-refractivity contribution in [3.63, 3.8) is 0 Å². The minimum absolute atomic E-state index is 0.202. The Balaban J connectivity index is 1.67. The van der Waals surface area contributed by atoms with Gasteiger partial charge in [0.05, 0.1) is 5.69 Å². The van der Waals surface area contributed by atoms with E-state index in [9.17, 15) is 4.79 Å². The van der Waals surface area contributed by atoms with Gasteiger partial charge >= 0.3 is 5.69 Å². The highest BCUT2D eigenvalue weighted by molar-refractivity contribution is 5.37. The van der Waals surface area contributed by atoms with Gasteiger partial charge in [0.1, 0.15) is 11.6 Å². The lowest BCUT2D eigenvalue weighted by Gasteiger charge is -2.23. The van der Waals surface area contributed by atoms with Crippen LogP contribution >= 0.6 is 0 Å². The second-order valence-corrected chi connectivity index (χ2v) is 6.67. The molecule has 0 aromatic carbocycles. The predicted octanol–water partition coefficient (Wildman–Crippen LogP) is 1.54. The van der Waals surface area contributed by atoms with Crippen LogP contribution in [0, 0.1) is 20.8 Å². The summed E-state index contributed by atoms with van der Waals surface area (Å²) in [6.07, 6.45) is 2.34. The average molecular weight is 342 g/mol. The SMILES string of the molecule is Cc1cc(C)n(CCNc2cc(C3CCCNC3)nc(C)n2)c(=O)n1. The first-order valence-electron chi connectivity index (χ1n) is 8.88. The smallest absolute Gasteiger partial charge is 0.348 e. The molecule has 0 bridgehead atoms. The summed E-state index contributed by atoms with van der Waals surface area (Å²) < 4.78 is 1.68. The van der Waals surface area contributed by atoms with Crippen molar-refractivity contribution < 1.29 is 0 Å². The fourth-order valence-electron chi connectivity index (χ4n) is 3.34. The molecule has 1 saturated heterocycles. The fraction of sp³-hybridized carbons (Fsp3) is 0.556. The van der Waals surface area contributed by atoms with Crippen LogP contribution in [0.4, 0.5) is 5.82 Å². The first-order valence-corrected chi connectivity index (χ1v) is 8.88. The molecule has 3 rings (SSSR count). The molecule has 2 aromatic rings. The molecule has 1 aliphatic heterocycles. The molecule has 1 aliphatic rings. The summed E-state index contributed by atoms with van der Waals surface area (Å²) in [4.78, 5) is 25.1. The number of anilines is 1. The minimum atomic E-state index is -0.202. The van der Waals surface area contributed by atoms with E-state index in [2.05, 4.69) is 25.6 Å². The fourth-order valence-corrected chi connectivity index (χ4v) is 3.34. The molecule has 0 radical (unpaired) electrons. The molecule has 2 N–H and O–H groups in total. The maximum absolute atomic E-state index is 12.0. The second kappa shape index (κ2) is 7.74. The van der Waals surface area contributed by atoms with E-state index in [1.165, 1.54) is 6.42 Å². The number of aromatic nitrogens is 4. The Labute approximate surface area is 147 Å². The molecule has 2 aromatic heterocycles. The van der Waals surface area contributed by atoms with Gasteiger partial charge in [-0.05, 0) is 46.2 Å². The number of rotatable bonds is 5. The van der Waals surface area contributed by atoms with Crippen molar-refractivity contribution in [2.75, 3.05) is 25.0 Å². The quantitative estimate of drug-likeness (QED) is 0.857. The molecular weight excluding hydrogens is 316 g/mol. The van der Waals surface area contributed by atoms with Crippen LogP contribution in [-0.2, 0) is 6.54 Å². The van der Waals surface area contributed by atoms with Gasteiger partial charge in [-0.25, -0.2) is 14.8 Å². The Morgan fingerprint density at radius 1 is 1.24 bits per heavy atom. The van der Waals surface area contributed by atoms with Crippen molar-refractivity contribution in [3.05, 3.63) is 45.5 Å². The van der Waals surface area contributed by atoms with Gasteiger partial charge in [-0.1, -0.05) is 0 Å². The summed E-state index contributed by atoms with van der Waals surface area (Å²) in [6.45, 7) is 8.92. The third-order valence-electron chi connectivity index (χ3n) is 4.56. The van der Waals surface area contributed by atoms with E-state index in [-0.39, 0.29) is 5.69 Å². The Hall–Kier alpha value is -2.28. The van der Waals surface area contributed by atoms with Crippen molar-refractivity contribution in [2.45, 2.75) is 46.1 Å².